The molecule has 0 spiro atoms. The molecule has 0 aliphatic carbocycles. The molecule has 1 unspecified atom stereocenters. The van der Waals surface area contributed by atoms with E-state index in [1.165, 1.54) is 12.8 Å². The number of thioether (sulfide) groups is 1. The maximum absolute atomic E-state index is 12.0. The summed E-state index contributed by atoms with van der Waals surface area (Å²) in [5, 5.41) is 9.23. The highest BCUT2D eigenvalue weighted by Gasteiger charge is 2.45. The molecule has 1 aliphatic heterocycles. The van der Waals surface area contributed by atoms with Gasteiger partial charge in [-0.1, -0.05) is 13.3 Å². The summed E-state index contributed by atoms with van der Waals surface area (Å²) in [6.07, 6.45) is 4.16. The SMILES string of the molecule is CCCCSCCC(=O)N1CCCC1(C)C(=O)O. The van der Waals surface area contributed by atoms with E-state index in [1.54, 1.807) is 23.6 Å². The first kappa shape index (κ1) is 15.3. The average molecular weight is 273 g/mol. The fraction of sp³-hybridized carbons (Fsp3) is 0.846. The molecule has 0 radical (unpaired) electrons. The van der Waals surface area contributed by atoms with E-state index in [4.69, 9.17) is 0 Å². The lowest BCUT2D eigenvalue weighted by atomic mass is 9.99. The normalized spacial score (nSPS) is 23.3. The van der Waals surface area contributed by atoms with Crippen LogP contribution < -0.4 is 0 Å². The summed E-state index contributed by atoms with van der Waals surface area (Å²) >= 11 is 1.78. The number of hydrogen-bond donors (Lipinski definition) is 1. The number of carbonyl (C=O) groups is 2. The highest BCUT2D eigenvalue weighted by molar-refractivity contribution is 7.99. The predicted octanol–water partition coefficient (Wildman–Crippen LogP) is 2.38. The van der Waals surface area contributed by atoms with Gasteiger partial charge in [0.2, 0.25) is 5.91 Å². The molecule has 104 valence electrons. The second-order valence-electron chi connectivity index (χ2n) is 4.94. The van der Waals surface area contributed by atoms with Crippen molar-refractivity contribution in [3.05, 3.63) is 0 Å². The monoisotopic (exact) mass is 273 g/mol. The maximum atomic E-state index is 12.0. The Hall–Kier alpha value is -0.710. The van der Waals surface area contributed by atoms with Crippen molar-refractivity contribution in [1.82, 2.24) is 4.90 Å². The first-order valence-electron chi connectivity index (χ1n) is 6.64. The number of hydrogen-bond acceptors (Lipinski definition) is 3. The van der Waals surface area contributed by atoms with Crippen molar-refractivity contribution in [3.8, 4) is 0 Å². The third kappa shape index (κ3) is 3.64. The fourth-order valence-electron chi connectivity index (χ4n) is 2.23. The van der Waals surface area contributed by atoms with Gasteiger partial charge in [0.25, 0.3) is 0 Å². The van der Waals surface area contributed by atoms with Crippen LogP contribution in [0.25, 0.3) is 0 Å². The van der Waals surface area contributed by atoms with Crippen molar-refractivity contribution in [2.24, 2.45) is 0 Å². The van der Waals surface area contributed by atoms with E-state index >= 15 is 0 Å². The Bertz CT molecular complexity index is 309. The molecule has 0 aromatic carbocycles. The molecule has 18 heavy (non-hydrogen) atoms. The summed E-state index contributed by atoms with van der Waals surface area (Å²) in [5.74, 6) is 0.985. The van der Waals surface area contributed by atoms with Gasteiger partial charge in [-0.3, -0.25) is 4.79 Å². The number of amides is 1. The van der Waals surface area contributed by atoms with Crippen LogP contribution in [0.2, 0.25) is 0 Å². The van der Waals surface area contributed by atoms with Crippen LogP contribution in [0.1, 0.15) is 46.0 Å². The smallest absolute Gasteiger partial charge is 0.329 e. The number of rotatable bonds is 7. The quantitative estimate of drug-likeness (QED) is 0.724. The third-order valence-electron chi connectivity index (χ3n) is 3.51. The fourth-order valence-corrected chi connectivity index (χ4v) is 3.24. The molecule has 1 heterocycles. The zero-order chi connectivity index (χ0) is 13.6. The van der Waals surface area contributed by atoms with E-state index in [9.17, 15) is 14.7 Å². The molecule has 4 nitrogen and oxygen atoms in total. The number of carbonyl (C=O) groups excluding carboxylic acids is 1. The Morgan fingerprint density at radius 3 is 2.72 bits per heavy atom. The number of nitrogens with zero attached hydrogens (tertiary/aromatic N) is 1. The average Bonchev–Trinajstić information content (AvgIpc) is 2.72. The van der Waals surface area contributed by atoms with Crippen LogP contribution in [0.4, 0.5) is 0 Å². The number of unbranched alkanes of at least 4 members (excludes halogenated alkanes) is 1. The predicted molar refractivity (Wildman–Crippen MR) is 73.8 cm³/mol. The van der Waals surface area contributed by atoms with Crippen LogP contribution in [0, 0.1) is 0 Å². The van der Waals surface area contributed by atoms with Gasteiger partial charge in [0, 0.05) is 18.7 Å². The minimum absolute atomic E-state index is 0.0126. The van der Waals surface area contributed by atoms with Gasteiger partial charge in [0.1, 0.15) is 5.54 Å². The van der Waals surface area contributed by atoms with Gasteiger partial charge in [-0.15, -0.1) is 0 Å². The molecule has 5 heteroatoms. The Morgan fingerprint density at radius 2 is 2.11 bits per heavy atom. The van der Waals surface area contributed by atoms with Crippen LogP contribution in [-0.4, -0.2) is 45.5 Å². The molecule has 0 aromatic heterocycles. The Kier molecular flexibility index (Phi) is 5.99. The summed E-state index contributed by atoms with van der Waals surface area (Å²) in [6.45, 7) is 4.39. The molecule has 1 rings (SSSR count). The van der Waals surface area contributed by atoms with Crippen molar-refractivity contribution in [2.75, 3.05) is 18.1 Å². The molecule has 1 saturated heterocycles. The lowest BCUT2D eigenvalue weighted by Crippen LogP contribution is -2.50. The Morgan fingerprint density at radius 1 is 1.39 bits per heavy atom. The topological polar surface area (TPSA) is 57.6 Å². The molecule has 0 saturated carbocycles. The van der Waals surface area contributed by atoms with E-state index in [2.05, 4.69) is 6.92 Å². The molecule has 1 aliphatic rings. The van der Waals surface area contributed by atoms with Crippen LogP contribution in [0.5, 0.6) is 0 Å². The van der Waals surface area contributed by atoms with Crippen molar-refractivity contribution in [3.63, 3.8) is 0 Å². The molecule has 1 atom stereocenters. The summed E-state index contributed by atoms with van der Waals surface area (Å²) in [4.78, 5) is 24.9. The van der Waals surface area contributed by atoms with Gasteiger partial charge in [-0.25, -0.2) is 4.79 Å². The number of carboxylic acids is 1. The molecular weight excluding hydrogens is 250 g/mol. The molecule has 1 amide bonds. The summed E-state index contributed by atoms with van der Waals surface area (Å²) in [5.41, 5.74) is -0.981. The van der Waals surface area contributed by atoms with E-state index < -0.39 is 11.5 Å². The Balaban J connectivity index is 2.39. The third-order valence-corrected chi connectivity index (χ3v) is 4.58. The second-order valence-corrected chi connectivity index (χ2v) is 6.17. The van der Waals surface area contributed by atoms with E-state index in [0.29, 0.717) is 19.4 Å². The second kappa shape index (κ2) is 7.02. The molecular formula is C13H23NO3S. The number of aliphatic carboxylic acids is 1. The summed E-state index contributed by atoms with van der Waals surface area (Å²) in [6, 6.07) is 0. The van der Waals surface area contributed by atoms with Gasteiger partial charge >= 0.3 is 5.97 Å². The zero-order valence-corrected chi connectivity index (χ0v) is 12.1. The molecule has 0 bridgehead atoms. The van der Waals surface area contributed by atoms with Crippen molar-refractivity contribution in [1.29, 1.82) is 0 Å². The van der Waals surface area contributed by atoms with Gasteiger partial charge < -0.3 is 10.0 Å². The van der Waals surface area contributed by atoms with Crippen molar-refractivity contribution >= 4 is 23.6 Å². The highest BCUT2D eigenvalue weighted by Crippen LogP contribution is 2.30. The van der Waals surface area contributed by atoms with Crippen molar-refractivity contribution < 1.29 is 14.7 Å². The van der Waals surface area contributed by atoms with Gasteiger partial charge in [-0.05, 0) is 31.9 Å². The number of carboxylic acid groups (broad SMARTS) is 1. The minimum Gasteiger partial charge on any atom is -0.480 e. The maximum Gasteiger partial charge on any atom is 0.329 e. The zero-order valence-electron chi connectivity index (χ0n) is 11.3. The summed E-state index contributed by atoms with van der Waals surface area (Å²) < 4.78 is 0. The van der Waals surface area contributed by atoms with Crippen LogP contribution in [0.3, 0.4) is 0 Å². The lowest BCUT2D eigenvalue weighted by molar-refractivity contribution is -0.155. The standard InChI is InChI=1S/C13H23NO3S/c1-3-4-9-18-10-6-11(15)14-8-5-7-13(14,2)12(16)17/h3-10H2,1-2H3,(H,16,17). The molecule has 1 fully saturated rings. The highest BCUT2D eigenvalue weighted by atomic mass is 32.2. The van der Waals surface area contributed by atoms with E-state index in [-0.39, 0.29) is 5.91 Å². The van der Waals surface area contributed by atoms with Crippen LogP contribution in [-0.2, 0) is 9.59 Å². The van der Waals surface area contributed by atoms with E-state index in [0.717, 1.165) is 17.9 Å². The summed E-state index contributed by atoms with van der Waals surface area (Å²) in [7, 11) is 0. The van der Waals surface area contributed by atoms with Gasteiger partial charge in [-0.2, -0.15) is 11.8 Å². The first-order valence-corrected chi connectivity index (χ1v) is 7.79. The first-order chi connectivity index (χ1) is 8.52. The van der Waals surface area contributed by atoms with E-state index in [1.807, 2.05) is 0 Å². The largest absolute Gasteiger partial charge is 0.480 e. The van der Waals surface area contributed by atoms with Crippen LogP contribution in [0.15, 0.2) is 0 Å². The van der Waals surface area contributed by atoms with Crippen LogP contribution >= 0.6 is 11.8 Å². The molecule has 0 aromatic rings. The van der Waals surface area contributed by atoms with Gasteiger partial charge in [0.05, 0.1) is 0 Å². The van der Waals surface area contributed by atoms with Crippen molar-refractivity contribution in [2.45, 2.75) is 51.5 Å². The molecule has 1 N–H and O–H groups in total. The Labute approximate surface area is 113 Å². The number of likely N-dealkylation sites (tertiary alicyclic amines) is 1. The van der Waals surface area contributed by atoms with Gasteiger partial charge in [0.15, 0.2) is 0 Å². The minimum atomic E-state index is -0.981. The lowest BCUT2D eigenvalue weighted by Gasteiger charge is -2.31.